The Hall–Kier alpha value is -0.0800. The van der Waals surface area contributed by atoms with E-state index in [1.165, 1.54) is 12.8 Å². The van der Waals surface area contributed by atoms with Crippen LogP contribution in [0.15, 0.2) is 0 Å². The number of aliphatic hydroxyl groups excluding tert-OH is 1. The molecule has 1 fully saturated rings. The molecule has 0 bridgehead atoms. The summed E-state index contributed by atoms with van der Waals surface area (Å²) in [6, 6.07) is 0.0116. The van der Waals surface area contributed by atoms with Gasteiger partial charge < -0.3 is 10.8 Å². The zero-order valence-corrected chi connectivity index (χ0v) is 5.88. The van der Waals surface area contributed by atoms with Gasteiger partial charge in [-0.25, -0.2) is 0 Å². The second-order valence-electron chi connectivity index (χ2n) is 2.90. The van der Waals surface area contributed by atoms with Crippen LogP contribution in [-0.2, 0) is 0 Å². The van der Waals surface area contributed by atoms with Crippen LogP contribution in [0, 0.1) is 5.92 Å². The highest BCUT2D eigenvalue weighted by molar-refractivity contribution is 4.86. The van der Waals surface area contributed by atoms with E-state index in [2.05, 4.69) is 0 Å². The summed E-state index contributed by atoms with van der Waals surface area (Å²) in [7, 11) is 0. The molecule has 1 unspecified atom stereocenters. The van der Waals surface area contributed by atoms with E-state index in [0.29, 0.717) is 5.92 Å². The summed E-state index contributed by atoms with van der Waals surface area (Å²) in [6.07, 6.45) is 3.01. The third-order valence-electron chi connectivity index (χ3n) is 2.02. The second kappa shape index (κ2) is 2.67. The minimum atomic E-state index is -0.227. The average molecular weight is 129 g/mol. The molecule has 1 aliphatic carbocycles. The van der Waals surface area contributed by atoms with Gasteiger partial charge in [0.1, 0.15) is 0 Å². The van der Waals surface area contributed by atoms with Gasteiger partial charge in [-0.15, -0.1) is 0 Å². The first-order valence-electron chi connectivity index (χ1n) is 3.69. The topological polar surface area (TPSA) is 46.2 Å². The van der Waals surface area contributed by atoms with Crippen molar-refractivity contribution in [2.24, 2.45) is 11.7 Å². The van der Waals surface area contributed by atoms with Gasteiger partial charge in [0.2, 0.25) is 0 Å². The normalized spacial score (nSPS) is 25.7. The van der Waals surface area contributed by atoms with Crippen molar-refractivity contribution in [2.45, 2.75) is 38.3 Å². The second-order valence-corrected chi connectivity index (χ2v) is 2.90. The molecule has 1 saturated carbocycles. The van der Waals surface area contributed by atoms with Gasteiger partial charge in [0.25, 0.3) is 0 Å². The zero-order chi connectivity index (χ0) is 6.85. The van der Waals surface area contributed by atoms with Crippen LogP contribution in [0.25, 0.3) is 0 Å². The maximum atomic E-state index is 9.33. The summed E-state index contributed by atoms with van der Waals surface area (Å²) in [5.41, 5.74) is 5.61. The summed E-state index contributed by atoms with van der Waals surface area (Å²) in [4.78, 5) is 0. The summed E-state index contributed by atoms with van der Waals surface area (Å²) < 4.78 is 0. The van der Waals surface area contributed by atoms with Gasteiger partial charge in [-0.3, -0.25) is 0 Å². The van der Waals surface area contributed by atoms with Crippen LogP contribution in [0.3, 0.4) is 0 Å². The van der Waals surface area contributed by atoms with Crippen molar-refractivity contribution in [3.05, 3.63) is 0 Å². The summed E-state index contributed by atoms with van der Waals surface area (Å²) in [5, 5.41) is 9.33. The SMILES string of the molecule is CC[C@H](N)C(O)C1CC1. The van der Waals surface area contributed by atoms with Crippen molar-refractivity contribution in [3.8, 4) is 0 Å². The lowest BCUT2D eigenvalue weighted by atomic mass is 10.1. The van der Waals surface area contributed by atoms with Crippen LogP contribution in [-0.4, -0.2) is 17.3 Å². The van der Waals surface area contributed by atoms with E-state index in [1.54, 1.807) is 0 Å². The van der Waals surface area contributed by atoms with E-state index in [-0.39, 0.29) is 12.1 Å². The van der Waals surface area contributed by atoms with Gasteiger partial charge in [0.05, 0.1) is 6.10 Å². The molecule has 9 heavy (non-hydrogen) atoms. The number of hydrogen-bond acceptors (Lipinski definition) is 2. The summed E-state index contributed by atoms with van der Waals surface area (Å²) >= 11 is 0. The van der Waals surface area contributed by atoms with E-state index in [1.807, 2.05) is 6.92 Å². The third kappa shape index (κ3) is 1.66. The lowest BCUT2D eigenvalue weighted by molar-refractivity contribution is 0.120. The molecule has 0 aromatic heterocycles. The zero-order valence-electron chi connectivity index (χ0n) is 5.88. The fraction of sp³-hybridized carbons (Fsp3) is 1.00. The molecule has 2 atom stereocenters. The Balaban J connectivity index is 2.22. The van der Waals surface area contributed by atoms with Crippen molar-refractivity contribution in [1.82, 2.24) is 0 Å². The van der Waals surface area contributed by atoms with Crippen molar-refractivity contribution in [2.75, 3.05) is 0 Å². The Labute approximate surface area is 56.1 Å². The maximum Gasteiger partial charge on any atom is 0.0719 e. The van der Waals surface area contributed by atoms with Crippen LogP contribution < -0.4 is 5.73 Å². The van der Waals surface area contributed by atoms with Crippen molar-refractivity contribution in [3.63, 3.8) is 0 Å². The van der Waals surface area contributed by atoms with E-state index >= 15 is 0 Å². The molecular formula is C7H15NO. The Bertz CT molecular complexity index is 90.9. The standard InChI is InChI=1S/C7H15NO/c1-2-6(8)7(9)5-3-4-5/h5-7,9H,2-4,8H2,1H3/t6-,7?/m0/s1. The van der Waals surface area contributed by atoms with E-state index < -0.39 is 0 Å². The lowest BCUT2D eigenvalue weighted by Gasteiger charge is -2.15. The van der Waals surface area contributed by atoms with Gasteiger partial charge in [-0.05, 0) is 25.2 Å². The molecule has 0 radical (unpaired) electrons. The fourth-order valence-electron chi connectivity index (χ4n) is 1.03. The van der Waals surface area contributed by atoms with Crippen molar-refractivity contribution in [1.29, 1.82) is 0 Å². The first-order valence-corrected chi connectivity index (χ1v) is 3.69. The molecule has 54 valence electrons. The molecule has 0 saturated heterocycles. The lowest BCUT2D eigenvalue weighted by Crippen LogP contribution is -2.35. The van der Waals surface area contributed by atoms with E-state index in [0.717, 1.165) is 6.42 Å². The first kappa shape index (κ1) is 7.03. The number of rotatable bonds is 3. The molecular weight excluding hydrogens is 114 g/mol. The number of hydrogen-bond donors (Lipinski definition) is 2. The molecule has 0 spiro atoms. The molecule has 3 N–H and O–H groups in total. The molecule has 1 rings (SSSR count). The Morgan fingerprint density at radius 3 is 2.56 bits per heavy atom. The van der Waals surface area contributed by atoms with Crippen LogP contribution >= 0.6 is 0 Å². The number of aliphatic hydroxyl groups is 1. The van der Waals surface area contributed by atoms with Crippen LogP contribution in [0.1, 0.15) is 26.2 Å². The predicted octanol–water partition coefficient (Wildman–Crippen LogP) is 0.495. The molecule has 1 aliphatic rings. The smallest absolute Gasteiger partial charge is 0.0719 e. The van der Waals surface area contributed by atoms with Gasteiger partial charge in [-0.1, -0.05) is 6.92 Å². The van der Waals surface area contributed by atoms with Crippen molar-refractivity contribution < 1.29 is 5.11 Å². The fourth-order valence-corrected chi connectivity index (χ4v) is 1.03. The molecule has 0 amide bonds. The molecule has 0 aromatic carbocycles. The Morgan fingerprint density at radius 2 is 2.22 bits per heavy atom. The average Bonchev–Trinajstić information content (AvgIpc) is 2.66. The first-order chi connectivity index (χ1) is 4.25. The molecule has 2 nitrogen and oxygen atoms in total. The van der Waals surface area contributed by atoms with Crippen molar-refractivity contribution >= 4 is 0 Å². The molecule has 2 heteroatoms. The minimum Gasteiger partial charge on any atom is -0.391 e. The largest absolute Gasteiger partial charge is 0.391 e. The quantitative estimate of drug-likeness (QED) is 0.582. The van der Waals surface area contributed by atoms with Gasteiger partial charge in [-0.2, -0.15) is 0 Å². The highest BCUT2D eigenvalue weighted by Crippen LogP contribution is 2.33. The third-order valence-corrected chi connectivity index (χ3v) is 2.02. The predicted molar refractivity (Wildman–Crippen MR) is 37.0 cm³/mol. The maximum absolute atomic E-state index is 9.33. The highest BCUT2D eigenvalue weighted by Gasteiger charge is 2.32. The highest BCUT2D eigenvalue weighted by atomic mass is 16.3. The summed E-state index contributed by atoms with van der Waals surface area (Å²) in [5.74, 6) is 0.528. The van der Waals surface area contributed by atoms with Gasteiger partial charge >= 0.3 is 0 Å². The van der Waals surface area contributed by atoms with E-state index in [4.69, 9.17) is 5.73 Å². The molecule has 0 aliphatic heterocycles. The molecule has 0 aromatic rings. The monoisotopic (exact) mass is 129 g/mol. The Kier molecular flexibility index (Phi) is 2.09. The number of nitrogens with two attached hydrogens (primary N) is 1. The Morgan fingerprint density at radius 1 is 1.67 bits per heavy atom. The van der Waals surface area contributed by atoms with Crippen LogP contribution in [0.4, 0.5) is 0 Å². The minimum absolute atomic E-state index is 0.0116. The van der Waals surface area contributed by atoms with E-state index in [9.17, 15) is 5.11 Å². The van der Waals surface area contributed by atoms with Gasteiger partial charge in [0.15, 0.2) is 0 Å². The van der Waals surface area contributed by atoms with Crippen LogP contribution in [0.5, 0.6) is 0 Å². The van der Waals surface area contributed by atoms with Gasteiger partial charge in [0, 0.05) is 6.04 Å². The summed E-state index contributed by atoms with van der Waals surface area (Å²) in [6.45, 7) is 2.01. The molecule has 0 heterocycles. The van der Waals surface area contributed by atoms with Crippen LogP contribution in [0.2, 0.25) is 0 Å².